The third kappa shape index (κ3) is 6.37. The summed E-state index contributed by atoms with van der Waals surface area (Å²) in [7, 11) is 1.80. The first-order valence-electron chi connectivity index (χ1n) is 13.6. The number of likely N-dealkylation sites (tertiary alicyclic amines) is 2. The van der Waals surface area contributed by atoms with Crippen LogP contribution in [0.15, 0.2) is 42.5 Å². The molecule has 2 amide bonds. The monoisotopic (exact) mass is 585 g/mol. The van der Waals surface area contributed by atoms with Gasteiger partial charge in [-0.3, -0.25) is 14.5 Å². The zero-order valence-electron chi connectivity index (χ0n) is 22.3. The molecule has 2 aromatic carbocycles. The molecule has 3 fully saturated rings. The Morgan fingerprint density at radius 1 is 0.829 bits per heavy atom. The molecule has 0 spiro atoms. The normalized spacial score (nSPS) is 24.0. The van der Waals surface area contributed by atoms with Crippen molar-refractivity contribution in [2.75, 3.05) is 33.2 Å². The molecule has 1 aliphatic carbocycles. The minimum Gasteiger partial charge on any atom is -0.341 e. The molecule has 0 bridgehead atoms. The lowest BCUT2D eigenvalue weighted by Gasteiger charge is -2.43. The van der Waals surface area contributed by atoms with E-state index in [4.69, 9.17) is 0 Å². The second-order valence-corrected chi connectivity index (χ2v) is 11.2. The molecule has 2 aliphatic heterocycles. The zero-order valence-corrected chi connectivity index (χ0v) is 22.3. The maximum atomic E-state index is 13.7. The van der Waals surface area contributed by atoms with E-state index < -0.39 is 40.8 Å². The topological polar surface area (TPSA) is 43.9 Å². The fraction of sp³-hybridized carbons (Fsp3) is 0.517. The van der Waals surface area contributed by atoms with Crippen LogP contribution in [0.3, 0.4) is 0 Å². The van der Waals surface area contributed by atoms with Crippen LogP contribution in [0, 0.1) is 11.7 Å². The van der Waals surface area contributed by atoms with Gasteiger partial charge in [-0.1, -0.05) is 12.1 Å². The van der Waals surface area contributed by atoms with Gasteiger partial charge in [0.2, 0.25) is 5.91 Å². The van der Waals surface area contributed by atoms with Gasteiger partial charge in [-0.2, -0.15) is 26.3 Å². The maximum absolute atomic E-state index is 13.7. The molecule has 0 N–H and O–H groups in total. The van der Waals surface area contributed by atoms with Crippen molar-refractivity contribution in [3.8, 4) is 0 Å². The molecule has 222 valence electrons. The summed E-state index contributed by atoms with van der Waals surface area (Å²) in [4.78, 5) is 31.3. The highest BCUT2D eigenvalue weighted by Crippen LogP contribution is 2.39. The molecule has 5 rings (SSSR count). The van der Waals surface area contributed by atoms with Crippen molar-refractivity contribution in [2.45, 2.75) is 56.0 Å². The average molecular weight is 586 g/mol. The minimum absolute atomic E-state index is 0.000880. The molecule has 2 heterocycles. The van der Waals surface area contributed by atoms with Crippen molar-refractivity contribution in [1.29, 1.82) is 0 Å². The molecule has 5 nitrogen and oxygen atoms in total. The van der Waals surface area contributed by atoms with Crippen LogP contribution < -0.4 is 0 Å². The number of halogens is 7. The third-order valence-corrected chi connectivity index (χ3v) is 8.48. The third-order valence-electron chi connectivity index (χ3n) is 8.48. The number of alkyl halides is 6. The Hall–Kier alpha value is -3.15. The highest BCUT2D eigenvalue weighted by Gasteiger charge is 2.43. The van der Waals surface area contributed by atoms with Crippen LogP contribution in [0.1, 0.15) is 58.6 Å². The number of hydrogen-bond acceptors (Lipinski definition) is 3. The van der Waals surface area contributed by atoms with Gasteiger partial charge in [0.1, 0.15) is 5.82 Å². The van der Waals surface area contributed by atoms with Crippen LogP contribution in [0.4, 0.5) is 30.7 Å². The van der Waals surface area contributed by atoms with E-state index in [-0.39, 0.29) is 49.0 Å². The van der Waals surface area contributed by atoms with E-state index in [1.54, 1.807) is 24.1 Å². The van der Waals surface area contributed by atoms with Gasteiger partial charge in [-0.25, -0.2) is 4.39 Å². The molecule has 0 aromatic heterocycles. The standard InChI is InChI=1S/C29H30F7N3O2/c1-37(26(40)18-2-3-18)23-8-10-38(15-23)25-9-11-39(16-24(25)17-4-6-22(30)7-5-17)27(41)19-12-20(28(31,32)33)14-21(13-19)29(34,35)36/h4-7,12-14,18,23-25H,2-3,8-11,15-16H2,1H3. The SMILES string of the molecule is CN(C(=O)C1CC1)C1CCN(C2CCN(C(=O)c3cc(C(F)(F)F)cc(C(F)(F)F)c3)CC2c2ccc(F)cc2)C1. The van der Waals surface area contributed by atoms with Crippen molar-refractivity contribution in [2.24, 2.45) is 5.92 Å². The van der Waals surface area contributed by atoms with Crippen LogP contribution in [-0.4, -0.2) is 71.8 Å². The second-order valence-electron chi connectivity index (χ2n) is 11.2. The Kier molecular flexibility index (Phi) is 7.82. The van der Waals surface area contributed by atoms with E-state index in [0.717, 1.165) is 19.3 Å². The van der Waals surface area contributed by atoms with E-state index >= 15 is 0 Å². The van der Waals surface area contributed by atoms with Crippen LogP contribution in [0.25, 0.3) is 0 Å². The summed E-state index contributed by atoms with van der Waals surface area (Å²) in [6, 6.07) is 6.54. The Labute approximate surface area is 232 Å². The molecule has 0 radical (unpaired) electrons. The zero-order chi connectivity index (χ0) is 29.7. The van der Waals surface area contributed by atoms with Crippen LogP contribution in [0.5, 0.6) is 0 Å². The van der Waals surface area contributed by atoms with Crippen molar-refractivity contribution < 1.29 is 40.3 Å². The Morgan fingerprint density at radius 3 is 2.00 bits per heavy atom. The highest BCUT2D eigenvalue weighted by molar-refractivity contribution is 5.95. The van der Waals surface area contributed by atoms with Crippen molar-refractivity contribution in [3.05, 3.63) is 70.5 Å². The first kappa shape index (κ1) is 29.3. The number of carbonyl (C=O) groups excluding carboxylic acids is 2. The van der Waals surface area contributed by atoms with E-state index in [1.807, 2.05) is 0 Å². The first-order valence-corrected chi connectivity index (χ1v) is 13.6. The Morgan fingerprint density at radius 2 is 1.44 bits per heavy atom. The molecule has 2 aromatic rings. The number of piperidine rings is 1. The molecule has 41 heavy (non-hydrogen) atoms. The van der Waals surface area contributed by atoms with E-state index in [1.165, 1.54) is 17.0 Å². The number of likely N-dealkylation sites (N-methyl/N-ethyl adjacent to an activating group) is 1. The van der Waals surface area contributed by atoms with E-state index in [9.17, 15) is 40.3 Å². The number of amides is 2. The molecule has 2 saturated heterocycles. The van der Waals surface area contributed by atoms with Crippen LogP contribution in [0.2, 0.25) is 0 Å². The van der Waals surface area contributed by atoms with Gasteiger partial charge in [0.15, 0.2) is 0 Å². The molecule has 1 saturated carbocycles. The predicted molar refractivity (Wildman–Crippen MR) is 135 cm³/mol. The summed E-state index contributed by atoms with van der Waals surface area (Å²) in [5, 5.41) is 0. The highest BCUT2D eigenvalue weighted by atomic mass is 19.4. The lowest BCUT2D eigenvalue weighted by atomic mass is 9.84. The summed E-state index contributed by atoms with van der Waals surface area (Å²) in [5.41, 5.74) is -3.08. The van der Waals surface area contributed by atoms with Crippen molar-refractivity contribution in [3.63, 3.8) is 0 Å². The molecular weight excluding hydrogens is 555 g/mol. The van der Waals surface area contributed by atoms with Gasteiger partial charge in [-0.15, -0.1) is 0 Å². The molecule has 3 unspecified atom stereocenters. The van der Waals surface area contributed by atoms with Gasteiger partial charge in [-0.05, 0) is 61.6 Å². The van der Waals surface area contributed by atoms with Crippen LogP contribution in [-0.2, 0) is 17.1 Å². The quantitative estimate of drug-likeness (QED) is 0.417. The van der Waals surface area contributed by atoms with E-state index in [0.29, 0.717) is 37.2 Å². The number of benzene rings is 2. The smallest absolute Gasteiger partial charge is 0.341 e. The summed E-state index contributed by atoms with van der Waals surface area (Å²) in [6.45, 7) is 1.45. The number of rotatable bonds is 5. The lowest BCUT2D eigenvalue weighted by molar-refractivity contribution is -0.143. The molecule has 3 aliphatic rings. The number of hydrogen-bond donors (Lipinski definition) is 0. The van der Waals surface area contributed by atoms with Gasteiger partial charge < -0.3 is 9.80 Å². The van der Waals surface area contributed by atoms with Gasteiger partial charge >= 0.3 is 12.4 Å². The van der Waals surface area contributed by atoms with Crippen molar-refractivity contribution in [1.82, 2.24) is 14.7 Å². The van der Waals surface area contributed by atoms with Crippen LogP contribution >= 0.6 is 0 Å². The average Bonchev–Trinajstić information content (AvgIpc) is 3.67. The summed E-state index contributed by atoms with van der Waals surface area (Å²) in [6.07, 6.45) is -7.18. The Balaban J connectivity index is 1.39. The number of nitrogens with zero attached hydrogens (tertiary/aromatic N) is 3. The first-order chi connectivity index (χ1) is 19.2. The Bertz CT molecular complexity index is 1260. The minimum atomic E-state index is -5.07. The molecule has 12 heteroatoms. The molecule has 3 atom stereocenters. The van der Waals surface area contributed by atoms with Gasteiger partial charge in [0.05, 0.1) is 11.1 Å². The van der Waals surface area contributed by atoms with Gasteiger partial charge in [0, 0.05) is 62.7 Å². The molecular formula is C29H30F7N3O2. The van der Waals surface area contributed by atoms with Gasteiger partial charge in [0.25, 0.3) is 5.91 Å². The van der Waals surface area contributed by atoms with Crippen molar-refractivity contribution >= 4 is 11.8 Å². The summed E-state index contributed by atoms with van der Waals surface area (Å²) < 4.78 is 94.2. The fourth-order valence-corrected chi connectivity index (χ4v) is 6.04. The largest absolute Gasteiger partial charge is 0.416 e. The predicted octanol–water partition coefficient (Wildman–Crippen LogP) is 5.80. The maximum Gasteiger partial charge on any atom is 0.416 e. The summed E-state index contributed by atoms with van der Waals surface area (Å²) >= 11 is 0. The fourth-order valence-electron chi connectivity index (χ4n) is 6.04. The lowest BCUT2D eigenvalue weighted by Crippen LogP contribution is -2.51. The second kappa shape index (κ2) is 10.9. The summed E-state index contributed by atoms with van der Waals surface area (Å²) in [5.74, 6) is -1.54. The number of carbonyl (C=O) groups is 2. The van der Waals surface area contributed by atoms with E-state index in [2.05, 4.69) is 4.90 Å².